The van der Waals surface area contributed by atoms with E-state index in [1.165, 1.54) is 36.8 Å². The molecule has 1 N–H and O–H groups in total. The summed E-state index contributed by atoms with van der Waals surface area (Å²) in [5.74, 6) is -0.502. The van der Waals surface area contributed by atoms with E-state index in [4.69, 9.17) is 0 Å². The van der Waals surface area contributed by atoms with Crippen molar-refractivity contribution in [3.8, 4) is 0 Å². The van der Waals surface area contributed by atoms with Gasteiger partial charge < -0.3 is 5.32 Å². The van der Waals surface area contributed by atoms with Crippen molar-refractivity contribution in [1.82, 2.24) is 4.98 Å². The molecule has 0 atom stereocenters. The molecule has 7 heteroatoms. The highest BCUT2D eigenvalue weighted by atomic mass is 32.2. The normalized spacial score (nSPS) is 11.2. The Morgan fingerprint density at radius 1 is 1.24 bits per heavy atom. The fourth-order valence-corrected chi connectivity index (χ4v) is 2.51. The number of nitrogens with zero attached hydrogens (tertiary/aromatic N) is 1. The summed E-state index contributed by atoms with van der Waals surface area (Å²) in [6, 6.07) is 6.81. The van der Waals surface area contributed by atoms with Gasteiger partial charge >= 0.3 is 6.18 Å². The third kappa shape index (κ3) is 3.55. The maximum atomic E-state index is 12.9. The van der Waals surface area contributed by atoms with Crippen LogP contribution in [0.15, 0.2) is 47.6 Å². The van der Waals surface area contributed by atoms with E-state index < -0.39 is 17.6 Å². The first-order chi connectivity index (χ1) is 9.93. The van der Waals surface area contributed by atoms with Gasteiger partial charge in [0.25, 0.3) is 5.91 Å². The summed E-state index contributed by atoms with van der Waals surface area (Å²) in [5.41, 5.74) is -0.355. The van der Waals surface area contributed by atoms with Crippen LogP contribution in [0.4, 0.5) is 18.9 Å². The molecule has 0 saturated heterocycles. The number of rotatable bonds is 3. The lowest BCUT2D eigenvalue weighted by atomic mass is 10.2. The van der Waals surface area contributed by atoms with Crippen LogP contribution in [0.25, 0.3) is 0 Å². The molecule has 0 bridgehead atoms. The number of amides is 1. The molecule has 0 fully saturated rings. The lowest BCUT2D eigenvalue weighted by Crippen LogP contribution is -2.15. The number of carbonyl (C=O) groups excluding carboxylic acids is 1. The SMILES string of the molecule is CSc1c(NC(=O)c2cccnc2)cccc1C(F)(F)F. The summed E-state index contributed by atoms with van der Waals surface area (Å²) in [6.45, 7) is 0. The molecule has 3 nitrogen and oxygen atoms in total. The van der Waals surface area contributed by atoms with Crippen LogP contribution in [-0.2, 0) is 6.18 Å². The predicted octanol–water partition coefficient (Wildman–Crippen LogP) is 4.07. The number of hydrogen-bond acceptors (Lipinski definition) is 3. The number of nitrogens with one attached hydrogen (secondary N) is 1. The van der Waals surface area contributed by atoms with Crippen molar-refractivity contribution in [2.75, 3.05) is 11.6 Å². The molecule has 0 aliphatic heterocycles. The molecule has 0 spiro atoms. The highest BCUT2D eigenvalue weighted by Gasteiger charge is 2.34. The second-order valence-corrected chi connectivity index (χ2v) is 4.90. The standard InChI is InChI=1S/C14H11F3N2OS/c1-21-12-10(14(15,16)17)5-2-6-11(12)19-13(20)9-4-3-7-18-8-9/h2-8H,1H3,(H,19,20). The summed E-state index contributed by atoms with van der Waals surface area (Å²) in [6.07, 6.45) is -0.0756. The summed E-state index contributed by atoms with van der Waals surface area (Å²) < 4.78 is 38.8. The average molecular weight is 312 g/mol. The van der Waals surface area contributed by atoms with Gasteiger partial charge in [-0.05, 0) is 30.5 Å². The van der Waals surface area contributed by atoms with E-state index in [2.05, 4.69) is 10.3 Å². The van der Waals surface area contributed by atoms with Crippen LogP contribution in [0.1, 0.15) is 15.9 Å². The summed E-state index contributed by atoms with van der Waals surface area (Å²) in [7, 11) is 0. The molecule has 1 aromatic carbocycles. The number of carbonyl (C=O) groups is 1. The Bertz CT molecular complexity index is 644. The molecule has 1 aromatic heterocycles. The van der Waals surface area contributed by atoms with Crippen molar-refractivity contribution in [2.24, 2.45) is 0 Å². The first-order valence-corrected chi connectivity index (χ1v) is 7.11. The van der Waals surface area contributed by atoms with Gasteiger partial charge in [-0.3, -0.25) is 9.78 Å². The van der Waals surface area contributed by atoms with Crippen LogP contribution in [0.5, 0.6) is 0 Å². The van der Waals surface area contributed by atoms with Crippen LogP contribution >= 0.6 is 11.8 Å². The van der Waals surface area contributed by atoms with Crippen molar-refractivity contribution >= 4 is 23.4 Å². The van der Waals surface area contributed by atoms with Crippen LogP contribution < -0.4 is 5.32 Å². The Kier molecular flexibility index (Phi) is 4.52. The molecule has 2 aromatic rings. The highest BCUT2D eigenvalue weighted by Crippen LogP contribution is 2.39. The lowest BCUT2D eigenvalue weighted by molar-refractivity contribution is -0.139. The lowest BCUT2D eigenvalue weighted by Gasteiger charge is -2.15. The number of pyridine rings is 1. The Morgan fingerprint density at radius 2 is 2.00 bits per heavy atom. The van der Waals surface area contributed by atoms with E-state index in [0.717, 1.165) is 17.8 Å². The Labute approximate surface area is 123 Å². The average Bonchev–Trinajstić information content (AvgIpc) is 2.47. The second-order valence-electron chi connectivity index (χ2n) is 4.08. The number of halogens is 3. The highest BCUT2D eigenvalue weighted by molar-refractivity contribution is 7.98. The van der Waals surface area contributed by atoms with Crippen LogP contribution in [0.2, 0.25) is 0 Å². The number of thioether (sulfide) groups is 1. The van der Waals surface area contributed by atoms with Crippen molar-refractivity contribution in [2.45, 2.75) is 11.1 Å². The van der Waals surface area contributed by atoms with Crippen molar-refractivity contribution in [3.05, 3.63) is 53.9 Å². The van der Waals surface area contributed by atoms with Gasteiger partial charge in [0.2, 0.25) is 0 Å². The van der Waals surface area contributed by atoms with Crippen molar-refractivity contribution in [1.29, 1.82) is 0 Å². The molecule has 2 rings (SSSR count). The van der Waals surface area contributed by atoms with Gasteiger partial charge in [-0.1, -0.05) is 6.07 Å². The Hall–Kier alpha value is -2.02. The van der Waals surface area contributed by atoms with Gasteiger partial charge in [0.05, 0.1) is 16.8 Å². The third-order valence-electron chi connectivity index (χ3n) is 2.70. The summed E-state index contributed by atoms with van der Waals surface area (Å²) in [5, 5.41) is 2.49. The number of aromatic nitrogens is 1. The van der Waals surface area contributed by atoms with E-state index in [1.807, 2.05) is 0 Å². The van der Waals surface area contributed by atoms with Crippen LogP contribution in [0.3, 0.4) is 0 Å². The monoisotopic (exact) mass is 312 g/mol. The molecular formula is C14H11F3N2OS. The molecule has 0 saturated carbocycles. The molecule has 110 valence electrons. The van der Waals surface area contributed by atoms with Gasteiger partial charge in [-0.15, -0.1) is 11.8 Å². The van der Waals surface area contributed by atoms with Crippen LogP contribution in [0, 0.1) is 0 Å². The molecule has 21 heavy (non-hydrogen) atoms. The van der Waals surface area contributed by atoms with Gasteiger partial charge in [-0.25, -0.2) is 0 Å². The zero-order chi connectivity index (χ0) is 15.5. The molecule has 0 unspecified atom stereocenters. The largest absolute Gasteiger partial charge is 0.417 e. The van der Waals surface area contributed by atoms with Gasteiger partial charge in [0, 0.05) is 17.3 Å². The van der Waals surface area contributed by atoms with Crippen LogP contribution in [-0.4, -0.2) is 17.1 Å². The fraction of sp³-hybridized carbons (Fsp3) is 0.143. The molecule has 0 aliphatic rings. The topological polar surface area (TPSA) is 42.0 Å². The molecular weight excluding hydrogens is 301 g/mol. The molecule has 0 aliphatic carbocycles. The number of hydrogen-bond donors (Lipinski definition) is 1. The fourth-order valence-electron chi connectivity index (χ4n) is 1.77. The maximum Gasteiger partial charge on any atom is 0.417 e. The smallest absolute Gasteiger partial charge is 0.321 e. The van der Waals surface area contributed by atoms with E-state index in [9.17, 15) is 18.0 Å². The molecule has 1 heterocycles. The summed E-state index contributed by atoms with van der Waals surface area (Å²) in [4.78, 5) is 15.8. The minimum atomic E-state index is -4.46. The molecule has 1 amide bonds. The quantitative estimate of drug-likeness (QED) is 0.869. The van der Waals surface area contributed by atoms with Gasteiger partial charge in [-0.2, -0.15) is 13.2 Å². The van der Waals surface area contributed by atoms with E-state index in [1.54, 1.807) is 6.07 Å². The third-order valence-corrected chi connectivity index (χ3v) is 3.54. The minimum Gasteiger partial charge on any atom is -0.321 e. The van der Waals surface area contributed by atoms with Crippen molar-refractivity contribution in [3.63, 3.8) is 0 Å². The number of benzene rings is 1. The van der Waals surface area contributed by atoms with Gasteiger partial charge in [0.1, 0.15) is 0 Å². The first kappa shape index (κ1) is 15.4. The van der Waals surface area contributed by atoms with E-state index in [0.29, 0.717) is 0 Å². The second kappa shape index (κ2) is 6.17. The predicted molar refractivity (Wildman–Crippen MR) is 75.4 cm³/mol. The zero-order valence-corrected chi connectivity index (χ0v) is 11.8. The number of alkyl halides is 3. The Balaban J connectivity index is 2.35. The van der Waals surface area contributed by atoms with E-state index in [-0.39, 0.29) is 16.1 Å². The van der Waals surface area contributed by atoms with Crippen molar-refractivity contribution < 1.29 is 18.0 Å². The van der Waals surface area contributed by atoms with E-state index >= 15 is 0 Å². The minimum absolute atomic E-state index is 0.0118. The first-order valence-electron chi connectivity index (χ1n) is 5.89. The number of anilines is 1. The summed E-state index contributed by atoms with van der Waals surface area (Å²) >= 11 is 0.936. The Morgan fingerprint density at radius 3 is 2.57 bits per heavy atom. The zero-order valence-electron chi connectivity index (χ0n) is 10.9. The molecule has 0 radical (unpaired) electrons. The van der Waals surface area contributed by atoms with Gasteiger partial charge in [0.15, 0.2) is 0 Å². The maximum absolute atomic E-state index is 12.9.